The number of carbonyl (C=O) groups excluding carboxylic acids is 4. The first-order valence-corrected chi connectivity index (χ1v) is 14.3. The van der Waals surface area contributed by atoms with Crippen LogP contribution in [0.5, 0.6) is 5.75 Å². The van der Waals surface area contributed by atoms with Crippen LogP contribution in [0, 0.1) is 23.6 Å². The Balaban J connectivity index is 1.48. The van der Waals surface area contributed by atoms with Crippen molar-refractivity contribution in [2.75, 3.05) is 5.45 Å². The molecule has 2 aliphatic heterocycles. The van der Waals surface area contributed by atoms with Crippen molar-refractivity contribution in [1.82, 2.24) is 9.80 Å². The molecule has 39 heavy (non-hydrogen) atoms. The highest BCUT2D eigenvalue weighted by Crippen LogP contribution is 2.65. The lowest BCUT2D eigenvalue weighted by Gasteiger charge is -2.50. The number of benzene rings is 2. The van der Waals surface area contributed by atoms with E-state index < -0.39 is 56.8 Å². The van der Waals surface area contributed by atoms with Gasteiger partial charge in [-0.15, -0.1) is 23.2 Å². The summed E-state index contributed by atoms with van der Waals surface area (Å²) < 4.78 is 14.6. The summed E-state index contributed by atoms with van der Waals surface area (Å²) in [5, 5.41) is 9.82. The molecule has 0 spiro atoms. The first-order chi connectivity index (χ1) is 18.5. The second-order valence-corrected chi connectivity index (χ2v) is 12.2. The molecule has 202 valence electrons. The Hall–Kier alpha value is -2.75. The van der Waals surface area contributed by atoms with E-state index in [0.29, 0.717) is 5.57 Å². The van der Waals surface area contributed by atoms with E-state index >= 15 is 0 Å². The minimum Gasteiger partial charge on any atom is -0.505 e. The van der Waals surface area contributed by atoms with Crippen molar-refractivity contribution >= 4 is 62.8 Å². The number of alkyl halides is 3. The summed E-state index contributed by atoms with van der Waals surface area (Å²) in [6.07, 6.45) is 1.86. The van der Waals surface area contributed by atoms with Crippen molar-refractivity contribution < 1.29 is 28.7 Å². The normalized spacial score (nSPS) is 33.7. The molecular formula is C28H22BrCl2FN2O5. The standard InChI is InChI=1S/C28H22BrCl2FN2O5/c29-13-34-25(38)27(30)11-18-16(22(28(27,31)26(34)39)15-6-9-20(35)19(32)10-15)7-8-17-21(18)24(37)33(23(17)36)12-14-4-2-1-3-5-14/h1-7,9-10,17-18,21-22,35H,8,11-13H2. The van der Waals surface area contributed by atoms with Crippen LogP contribution < -0.4 is 0 Å². The summed E-state index contributed by atoms with van der Waals surface area (Å²) in [7, 11) is 0. The van der Waals surface area contributed by atoms with Crippen LogP contribution in [0.1, 0.15) is 29.9 Å². The fraction of sp³-hybridized carbons (Fsp3) is 0.357. The Kier molecular flexibility index (Phi) is 6.21. The number of hydrogen-bond acceptors (Lipinski definition) is 5. The summed E-state index contributed by atoms with van der Waals surface area (Å²) in [4.78, 5) is 52.7. The number of likely N-dealkylation sites (tertiary alicyclic amines) is 2. The zero-order valence-electron chi connectivity index (χ0n) is 20.3. The third-order valence-electron chi connectivity index (χ3n) is 8.59. The van der Waals surface area contributed by atoms with E-state index in [1.807, 2.05) is 30.3 Å². The molecular weight excluding hydrogens is 614 g/mol. The fourth-order valence-corrected chi connectivity index (χ4v) is 8.24. The molecule has 2 heterocycles. The molecule has 2 aliphatic carbocycles. The third-order valence-corrected chi connectivity index (χ3v) is 10.5. The molecule has 1 N–H and O–H groups in total. The number of phenolic OH excluding ortho intramolecular Hbond substituents is 1. The van der Waals surface area contributed by atoms with Gasteiger partial charge in [-0.05, 0) is 42.0 Å². The predicted octanol–water partition coefficient (Wildman–Crippen LogP) is 4.44. The maximum absolute atomic E-state index is 14.6. The molecule has 2 aromatic rings. The van der Waals surface area contributed by atoms with Crippen molar-refractivity contribution in [2.24, 2.45) is 17.8 Å². The second kappa shape index (κ2) is 9.14. The lowest BCUT2D eigenvalue weighted by molar-refractivity contribution is -0.141. The van der Waals surface area contributed by atoms with E-state index in [-0.39, 0.29) is 42.2 Å². The highest BCUT2D eigenvalue weighted by molar-refractivity contribution is 9.09. The number of phenols is 1. The molecule has 11 heteroatoms. The lowest BCUT2D eigenvalue weighted by atomic mass is 9.56. The highest BCUT2D eigenvalue weighted by Gasteiger charge is 2.76. The van der Waals surface area contributed by atoms with Gasteiger partial charge in [0.2, 0.25) is 11.8 Å². The summed E-state index contributed by atoms with van der Waals surface area (Å²) in [5.74, 6) is -6.91. The van der Waals surface area contributed by atoms with Crippen LogP contribution in [0.15, 0.2) is 60.2 Å². The van der Waals surface area contributed by atoms with Gasteiger partial charge in [-0.1, -0.05) is 64.0 Å². The maximum atomic E-state index is 14.6. The van der Waals surface area contributed by atoms with Gasteiger partial charge >= 0.3 is 0 Å². The first kappa shape index (κ1) is 26.5. The smallest absolute Gasteiger partial charge is 0.254 e. The summed E-state index contributed by atoms with van der Waals surface area (Å²) in [6, 6.07) is 12.8. The average Bonchev–Trinajstić information content (AvgIpc) is 3.24. The quantitative estimate of drug-likeness (QED) is 0.232. The Labute approximate surface area is 241 Å². The van der Waals surface area contributed by atoms with Gasteiger partial charge in [-0.25, -0.2) is 4.39 Å². The van der Waals surface area contributed by atoms with E-state index in [0.717, 1.165) is 22.6 Å². The minimum absolute atomic E-state index is 0.112. The molecule has 6 unspecified atom stereocenters. The molecule has 6 atom stereocenters. The van der Waals surface area contributed by atoms with Crippen LogP contribution in [0.3, 0.4) is 0 Å². The SMILES string of the molecule is O=C1C2CC=C3C(CC4(Cl)C(=O)N(CBr)C(=O)C4(Cl)C3c3ccc(O)c(F)c3)C2C(=O)N1Cc1ccccc1. The van der Waals surface area contributed by atoms with Crippen LogP contribution >= 0.6 is 39.1 Å². The van der Waals surface area contributed by atoms with Crippen molar-refractivity contribution in [3.8, 4) is 5.75 Å². The van der Waals surface area contributed by atoms with Gasteiger partial charge in [0, 0.05) is 5.92 Å². The van der Waals surface area contributed by atoms with Crippen molar-refractivity contribution in [2.45, 2.75) is 35.1 Å². The van der Waals surface area contributed by atoms with Crippen molar-refractivity contribution in [1.29, 1.82) is 0 Å². The molecule has 2 aromatic carbocycles. The molecule has 0 aromatic heterocycles. The molecule has 4 amide bonds. The van der Waals surface area contributed by atoms with Gasteiger partial charge in [-0.3, -0.25) is 29.0 Å². The molecule has 0 bridgehead atoms. The van der Waals surface area contributed by atoms with Crippen LogP contribution in [-0.2, 0) is 25.7 Å². The Morgan fingerprint density at radius 2 is 1.69 bits per heavy atom. The van der Waals surface area contributed by atoms with Crippen LogP contribution in [0.2, 0.25) is 0 Å². The van der Waals surface area contributed by atoms with Gasteiger partial charge in [0.1, 0.15) is 0 Å². The highest BCUT2D eigenvalue weighted by atomic mass is 79.9. The fourth-order valence-electron chi connectivity index (χ4n) is 6.82. The van der Waals surface area contributed by atoms with Crippen molar-refractivity contribution in [3.05, 3.63) is 77.1 Å². The molecule has 7 nitrogen and oxygen atoms in total. The van der Waals surface area contributed by atoms with Gasteiger partial charge < -0.3 is 5.11 Å². The molecule has 3 fully saturated rings. The molecule has 0 radical (unpaired) electrons. The summed E-state index contributed by atoms with van der Waals surface area (Å²) in [6.45, 7) is 0.112. The lowest BCUT2D eigenvalue weighted by Crippen LogP contribution is -2.60. The zero-order valence-corrected chi connectivity index (χ0v) is 23.4. The van der Waals surface area contributed by atoms with E-state index in [1.54, 1.807) is 6.08 Å². The number of nitrogens with zero attached hydrogens (tertiary/aromatic N) is 2. The van der Waals surface area contributed by atoms with Gasteiger partial charge in [0.05, 0.1) is 23.8 Å². The minimum atomic E-state index is -2.02. The number of aromatic hydroxyl groups is 1. The number of hydrogen-bond donors (Lipinski definition) is 1. The molecule has 6 rings (SSSR count). The maximum Gasteiger partial charge on any atom is 0.254 e. The monoisotopic (exact) mass is 634 g/mol. The third kappa shape index (κ3) is 3.52. The molecule has 1 saturated carbocycles. The van der Waals surface area contributed by atoms with Crippen LogP contribution in [0.25, 0.3) is 0 Å². The Morgan fingerprint density at radius 3 is 2.36 bits per heavy atom. The Morgan fingerprint density at radius 1 is 0.974 bits per heavy atom. The number of amides is 4. The van der Waals surface area contributed by atoms with Gasteiger partial charge in [-0.2, -0.15) is 0 Å². The zero-order chi connectivity index (χ0) is 27.9. The van der Waals surface area contributed by atoms with Crippen LogP contribution in [-0.4, -0.2) is 53.7 Å². The number of allylic oxidation sites excluding steroid dienone is 2. The summed E-state index contributed by atoms with van der Waals surface area (Å²) in [5.41, 5.74) is 1.44. The largest absolute Gasteiger partial charge is 0.505 e. The number of fused-ring (bicyclic) bond motifs is 4. The first-order valence-electron chi connectivity index (χ1n) is 12.4. The second-order valence-electron chi connectivity index (χ2n) is 10.4. The predicted molar refractivity (Wildman–Crippen MR) is 143 cm³/mol. The van der Waals surface area contributed by atoms with Gasteiger partial charge in [0.25, 0.3) is 11.8 Å². The van der Waals surface area contributed by atoms with E-state index in [4.69, 9.17) is 23.2 Å². The number of rotatable bonds is 4. The number of halogens is 4. The Bertz CT molecular complexity index is 1470. The average molecular weight is 636 g/mol. The van der Waals surface area contributed by atoms with Crippen LogP contribution in [0.4, 0.5) is 4.39 Å². The molecule has 4 aliphatic rings. The van der Waals surface area contributed by atoms with E-state index in [9.17, 15) is 28.7 Å². The van der Waals surface area contributed by atoms with E-state index in [1.165, 1.54) is 11.0 Å². The summed E-state index contributed by atoms with van der Waals surface area (Å²) >= 11 is 17.4. The van der Waals surface area contributed by atoms with Gasteiger partial charge in [0.15, 0.2) is 21.3 Å². The number of imide groups is 2. The topological polar surface area (TPSA) is 95.0 Å². The van der Waals surface area contributed by atoms with Crippen molar-refractivity contribution in [3.63, 3.8) is 0 Å². The van der Waals surface area contributed by atoms with E-state index in [2.05, 4.69) is 15.9 Å². The molecule has 2 saturated heterocycles. The number of carbonyl (C=O) groups is 4.